The van der Waals surface area contributed by atoms with Crippen LogP contribution in [0.1, 0.15) is 66.7 Å². The summed E-state index contributed by atoms with van der Waals surface area (Å²) in [6, 6.07) is 21.0. The van der Waals surface area contributed by atoms with E-state index in [9.17, 15) is 5.11 Å². The first kappa shape index (κ1) is 25.9. The molecule has 5 heteroatoms. The first-order valence-electron chi connectivity index (χ1n) is 12.9. The molecule has 188 valence electrons. The third-order valence-electron chi connectivity index (χ3n) is 7.45. The zero-order valence-electron chi connectivity index (χ0n) is 21.5. The standard InChI is InChI=1S/C30H40N2O2S/c1-4-5-13-28(29-14-8-19-35-29)34-23-25-10-6-9-24(20-25)22-32-17-15-30(16-18-32,31(2)3)26-11-7-12-27(33)21-26/h6-12,14,19-21,28,33H,4-5,13,15-18,22-23H2,1-3H3/t28-/m0/s1. The van der Waals surface area contributed by atoms with Crippen LogP contribution < -0.4 is 0 Å². The Morgan fingerprint density at radius 1 is 1.03 bits per heavy atom. The lowest BCUT2D eigenvalue weighted by molar-refractivity contribution is 0.0346. The van der Waals surface area contributed by atoms with Crippen LogP contribution in [0.3, 0.4) is 0 Å². The molecular weight excluding hydrogens is 452 g/mol. The van der Waals surface area contributed by atoms with E-state index in [2.05, 4.69) is 78.7 Å². The quantitative estimate of drug-likeness (QED) is 0.314. The maximum absolute atomic E-state index is 10.0. The Hall–Kier alpha value is -2.18. The van der Waals surface area contributed by atoms with E-state index in [1.54, 1.807) is 17.4 Å². The van der Waals surface area contributed by atoms with Crippen molar-refractivity contribution in [1.82, 2.24) is 9.80 Å². The van der Waals surface area contributed by atoms with E-state index in [1.165, 1.54) is 34.4 Å². The Kier molecular flexibility index (Phi) is 9.01. The summed E-state index contributed by atoms with van der Waals surface area (Å²) in [5, 5.41) is 12.2. The molecule has 0 radical (unpaired) electrons. The highest BCUT2D eigenvalue weighted by atomic mass is 32.1. The molecule has 0 spiro atoms. The van der Waals surface area contributed by atoms with E-state index < -0.39 is 0 Å². The number of phenols is 1. The fourth-order valence-corrected chi connectivity index (χ4v) is 6.12. The maximum atomic E-state index is 10.0. The highest BCUT2D eigenvalue weighted by Gasteiger charge is 2.38. The third-order valence-corrected chi connectivity index (χ3v) is 8.42. The monoisotopic (exact) mass is 492 g/mol. The molecule has 0 aliphatic carbocycles. The fraction of sp³-hybridized carbons (Fsp3) is 0.467. The molecule has 4 rings (SSSR count). The summed E-state index contributed by atoms with van der Waals surface area (Å²) < 4.78 is 6.40. The number of unbranched alkanes of at least 4 members (excludes halogenated alkanes) is 1. The van der Waals surface area contributed by atoms with Crippen molar-refractivity contribution in [1.29, 1.82) is 0 Å². The van der Waals surface area contributed by atoms with Crippen LogP contribution in [-0.4, -0.2) is 42.1 Å². The molecule has 0 unspecified atom stereocenters. The molecule has 0 saturated carbocycles. The van der Waals surface area contributed by atoms with Crippen molar-refractivity contribution in [2.24, 2.45) is 0 Å². The molecule has 1 N–H and O–H groups in total. The molecule has 3 aromatic rings. The summed E-state index contributed by atoms with van der Waals surface area (Å²) in [6.07, 6.45) is 5.75. The molecule has 2 heterocycles. The van der Waals surface area contributed by atoms with Crippen molar-refractivity contribution in [3.05, 3.63) is 87.6 Å². The number of hydrogen-bond donors (Lipinski definition) is 1. The minimum Gasteiger partial charge on any atom is -0.508 e. The Labute approximate surface area is 215 Å². The van der Waals surface area contributed by atoms with Gasteiger partial charge in [0.25, 0.3) is 0 Å². The van der Waals surface area contributed by atoms with Crippen LogP contribution >= 0.6 is 11.3 Å². The van der Waals surface area contributed by atoms with Crippen LogP contribution in [0.15, 0.2) is 66.0 Å². The predicted molar refractivity (Wildman–Crippen MR) is 146 cm³/mol. The smallest absolute Gasteiger partial charge is 0.115 e. The number of nitrogens with zero attached hydrogens (tertiary/aromatic N) is 2. The van der Waals surface area contributed by atoms with E-state index >= 15 is 0 Å². The van der Waals surface area contributed by atoms with E-state index in [0.717, 1.165) is 38.9 Å². The normalized spacial score (nSPS) is 17.0. The van der Waals surface area contributed by atoms with Crippen molar-refractivity contribution in [3.8, 4) is 5.75 Å². The molecule has 1 aromatic heterocycles. The highest BCUT2D eigenvalue weighted by Crippen LogP contribution is 2.39. The van der Waals surface area contributed by atoms with Crippen LogP contribution in [0.25, 0.3) is 0 Å². The molecule has 35 heavy (non-hydrogen) atoms. The van der Waals surface area contributed by atoms with Gasteiger partial charge < -0.3 is 9.84 Å². The average Bonchev–Trinajstić information content (AvgIpc) is 3.40. The Balaban J connectivity index is 1.36. The zero-order chi connectivity index (χ0) is 24.7. The molecule has 0 bridgehead atoms. The lowest BCUT2D eigenvalue weighted by Crippen LogP contribution is -2.50. The van der Waals surface area contributed by atoms with E-state index in [1.807, 2.05) is 12.1 Å². The second kappa shape index (κ2) is 12.2. The average molecular weight is 493 g/mol. The second-order valence-corrected chi connectivity index (χ2v) is 11.0. The van der Waals surface area contributed by atoms with Crippen molar-refractivity contribution < 1.29 is 9.84 Å². The summed E-state index contributed by atoms with van der Waals surface area (Å²) in [5.41, 5.74) is 3.78. The number of rotatable bonds is 11. The molecule has 1 fully saturated rings. The van der Waals surface area contributed by atoms with Crippen LogP contribution in [-0.2, 0) is 23.4 Å². The fourth-order valence-electron chi connectivity index (χ4n) is 5.32. The van der Waals surface area contributed by atoms with Gasteiger partial charge in [0.2, 0.25) is 0 Å². The summed E-state index contributed by atoms with van der Waals surface area (Å²) >= 11 is 1.79. The minimum atomic E-state index is -0.0276. The zero-order valence-corrected chi connectivity index (χ0v) is 22.3. The molecule has 0 amide bonds. The van der Waals surface area contributed by atoms with Gasteiger partial charge in [0, 0.05) is 30.1 Å². The van der Waals surface area contributed by atoms with E-state index in [0.29, 0.717) is 12.4 Å². The van der Waals surface area contributed by atoms with Gasteiger partial charge in [-0.2, -0.15) is 0 Å². The third kappa shape index (κ3) is 6.53. The van der Waals surface area contributed by atoms with Gasteiger partial charge >= 0.3 is 0 Å². The lowest BCUT2D eigenvalue weighted by atomic mass is 9.79. The first-order valence-corrected chi connectivity index (χ1v) is 13.8. The summed E-state index contributed by atoms with van der Waals surface area (Å²) in [7, 11) is 4.32. The maximum Gasteiger partial charge on any atom is 0.115 e. The topological polar surface area (TPSA) is 35.9 Å². The molecule has 2 aromatic carbocycles. The molecule has 1 atom stereocenters. The molecule has 4 nitrogen and oxygen atoms in total. The van der Waals surface area contributed by atoms with Crippen LogP contribution in [0.5, 0.6) is 5.75 Å². The summed E-state index contributed by atoms with van der Waals surface area (Å²) in [4.78, 5) is 6.22. The molecular formula is C30H40N2O2S. The highest BCUT2D eigenvalue weighted by molar-refractivity contribution is 7.10. The number of ether oxygens (including phenoxy) is 1. The molecule has 1 aliphatic heterocycles. The van der Waals surface area contributed by atoms with Gasteiger partial charge in [-0.05, 0) is 73.6 Å². The van der Waals surface area contributed by atoms with Gasteiger partial charge in [0.05, 0.1) is 12.7 Å². The van der Waals surface area contributed by atoms with E-state index in [-0.39, 0.29) is 11.6 Å². The Morgan fingerprint density at radius 2 is 1.80 bits per heavy atom. The van der Waals surface area contributed by atoms with Crippen molar-refractivity contribution >= 4 is 11.3 Å². The Morgan fingerprint density at radius 3 is 2.49 bits per heavy atom. The van der Waals surface area contributed by atoms with Gasteiger partial charge in [-0.3, -0.25) is 9.80 Å². The summed E-state index contributed by atoms with van der Waals surface area (Å²) in [6.45, 7) is 5.92. The summed E-state index contributed by atoms with van der Waals surface area (Å²) in [5.74, 6) is 0.348. The number of hydrogen-bond acceptors (Lipinski definition) is 5. The number of thiophene rings is 1. The number of likely N-dealkylation sites (tertiary alicyclic amines) is 1. The number of benzene rings is 2. The van der Waals surface area contributed by atoms with Gasteiger partial charge in [-0.15, -0.1) is 11.3 Å². The van der Waals surface area contributed by atoms with E-state index in [4.69, 9.17) is 4.74 Å². The lowest BCUT2D eigenvalue weighted by Gasteiger charge is -2.46. The van der Waals surface area contributed by atoms with Crippen LogP contribution in [0.4, 0.5) is 0 Å². The second-order valence-electron chi connectivity index (χ2n) is 10.0. The van der Waals surface area contributed by atoms with Gasteiger partial charge in [-0.1, -0.05) is 62.2 Å². The largest absolute Gasteiger partial charge is 0.508 e. The molecule has 1 aliphatic rings. The molecule has 1 saturated heterocycles. The predicted octanol–water partition coefficient (Wildman–Crippen LogP) is 6.95. The number of piperidine rings is 1. The van der Waals surface area contributed by atoms with Crippen molar-refractivity contribution in [2.45, 2.75) is 63.8 Å². The number of phenolic OH excluding ortho intramolecular Hbond substituents is 1. The van der Waals surface area contributed by atoms with Crippen molar-refractivity contribution in [3.63, 3.8) is 0 Å². The van der Waals surface area contributed by atoms with Crippen LogP contribution in [0.2, 0.25) is 0 Å². The van der Waals surface area contributed by atoms with Crippen LogP contribution in [0, 0.1) is 0 Å². The first-order chi connectivity index (χ1) is 17.0. The van der Waals surface area contributed by atoms with Gasteiger partial charge in [-0.25, -0.2) is 0 Å². The van der Waals surface area contributed by atoms with Crippen molar-refractivity contribution in [2.75, 3.05) is 27.2 Å². The van der Waals surface area contributed by atoms with Gasteiger partial charge in [0.1, 0.15) is 5.75 Å². The number of aromatic hydroxyl groups is 1. The Bertz CT molecular complexity index is 1040. The SMILES string of the molecule is CCCC[C@H](OCc1cccc(CN2CCC(c3cccc(O)c3)(N(C)C)CC2)c1)c1cccs1. The minimum absolute atomic E-state index is 0.0276. The van der Waals surface area contributed by atoms with Gasteiger partial charge in [0.15, 0.2) is 0 Å².